The molecule has 0 aliphatic carbocycles. The fraction of sp³-hybridized carbons (Fsp3) is 0.300. The second-order valence-corrected chi connectivity index (χ2v) is 4.98. The number of carbonyl (C=O) groups excluding carboxylic acids is 1. The quantitative estimate of drug-likeness (QED) is 0.749. The molecule has 0 aliphatic heterocycles. The number of sulfone groups is 1. The van der Waals surface area contributed by atoms with Crippen molar-refractivity contribution >= 4 is 15.0 Å². The summed E-state index contributed by atoms with van der Waals surface area (Å²) in [7, 11) is -3.74. The van der Waals surface area contributed by atoms with Crippen LogP contribution in [0.5, 0.6) is 0 Å². The van der Waals surface area contributed by atoms with Crippen LogP contribution in [-0.4, -0.2) is 13.5 Å². The van der Waals surface area contributed by atoms with Gasteiger partial charge in [-0.2, -0.15) is 0 Å². The largest absolute Gasteiger partial charge is 0.281 e. The van der Waals surface area contributed by atoms with Crippen molar-refractivity contribution in [1.82, 2.24) is 0 Å². The Morgan fingerprint density at radius 2 is 1.71 bits per heavy atom. The zero-order chi connectivity index (χ0) is 10.8. The van der Waals surface area contributed by atoms with Crippen LogP contribution >= 0.6 is 0 Å². The highest BCUT2D eigenvalue weighted by Gasteiger charge is 2.22. The van der Waals surface area contributed by atoms with E-state index in [-0.39, 0.29) is 11.3 Å². The maximum Gasteiger partial charge on any atom is 0.250 e. The molecule has 0 amide bonds. The minimum absolute atomic E-state index is 0.0101. The van der Waals surface area contributed by atoms with Crippen molar-refractivity contribution in [3.8, 4) is 0 Å². The van der Waals surface area contributed by atoms with Crippen LogP contribution in [0.1, 0.15) is 18.9 Å². The standard InChI is InChI=1S/C10H12O3S/c1-3-10(11)14(12,13)9-6-4-8(2)5-7-9/h4-7H,3H2,1-2H3. The van der Waals surface area contributed by atoms with Gasteiger partial charge in [0.25, 0.3) is 5.12 Å². The second-order valence-electron chi connectivity index (χ2n) is 3.04. The van der Waals surface area contributed by atoms with Gasteiger partial charge in [0.05, 0.1) is 4.90 Å². The van der Waals surface area contributed by atoms with E-state index in [0.717, 1.165) is 5.56 Å². The zero-order valence-electron chi connectivity index (χ0n) is 8.15. The molecule has 14 heavy (non-hydrogen) atoms. The van der Waals surface area contributed by atoms with Gasteiger partial charge < -0.3 is 0 Å². The molecule has 1 aromatic carbocycles. The minimum atomic E-state index is -3.74. The molecule has 1 aromatic rings. The zero-order valence-corrected chi connectivity index (χ0v) is 8.97. The van der Waals surface area contributed by atoms with Crippen LogP contribution in [0.4, 0.5) is 0 Å². The molecule has 0 radical (unpaired) electrons. The van der Waals surface area contributed by atoms with Gasteiger partial charge in [-0.15, -0.1) is 0 Å². The van der Waals surface area contributed by atoms with Gasteiger partial charge in [-0.3, -0.25) is 4.79 Å². The van der Waals surface area contributed by atoms with E-state index in [0.29, 0.717) is 0 Å². The first-order valence-corrected chi connectivity index (χ1v) is 5.81. The van der Waals surface area contributed by atoms with Crippen LogP contribution in [-0.2, 0) is 14.6 Å². The lowest BCUT2D eigenvalue weighted by atomic mass is 10.2. The molecule has 0 fully saturated rings. The van der Waals surface area contributed by atoms with Gasteiger partial charge in [0.1, 0.15) is 0 Å². The summed E-state index contributed by atoms with van der Waals surface area (Å²) < 4.78 is 23.0. The van der Waals surface area contributed by atoms with E-state index in [1.165, 1.54) is 19.1 Å². The van der Waals surface area contributed by atoms with Crippen molar-refractivity contribution in [1.29, 1.82) is 0 Å². The molecule has 0 aromatic heterocycles. The van der Waals surface area contributed by atoms with E-state index in [1.54, 1.807) is 12.1 Å². The highest BCUT2D eigenvalue weighted by Crippen LogP contribution is 2.13. The Hall–Kier alpha value is -1.16. The van der Waals surface area contributed by atoms with Gasteiger partial charge in [-0.05, 0) is 19.1 Å². The monoisotopic (exact) mass is 212 g/mol. The van der Waals surface area contributed by atoms with Crippen LogP contribution < -0.4 is 0 Å². The summed E-state index contributed by atoms with van der Waals surface area (Å²) >= 11 is 0. The average Bonchev–Trinajstić information content (AvgIpc) is 2.17. The molecule has 1 rings (SSSR count). The lowest BCUT2D eigenvalue weighted by Crippen LogP contribution is -2.13. The smallest absolute Gasteiger partial charge is 0.250 e. The molecule has 0 spiro atoms. The van der Waals surface area contributed by atoms with Crippen molar-refractivity contribution in [2.75, 3.05) is 0 Å². The number of benzene rings is 1. The van der Waals surface area contributed by atoms with Gasteiger partial charge >= 0.3 is 0 Å². The average molecular weight is 212 g/mol. The van der Waals surface area contributed by atoms with E-state index in [4.69, 9.17) is 0 Å². The maximum absolute atomic E-state index is 11.5. The van der Waals surface area contributed by atoms with Crippen molar-refractivity contribution in [2.24, 2.45) is 0 Å². The van der Waals surface area contributed by atoms with Gasteiger partial charge in [-0.25, -0.2) is 8.42 Å². The first-order valence-electron chi connectivity index (χ1n) is 4.33. The first kappa shape index (κ1) is 10.9. The summed E-state index contributed by atoms with van der Waals surface area (Å²) in [5.74, 6) is 0. The number of rotatable bonds is 2. The predicted octanol–water partition coefficient (Wildman–Crippen LogP) is 1.71. The SMILES string of the molecule is CCC(=O)S(=O)(=O)c1ccc(C)cc1. The van der Waals surface area contributed by atoms with E-state index in [9.17, 15) is 13.2 Å². The number of carbonyl (C=O) groups is 1. The number of aryl methyl sites for hydroxylation is 1. The highest BCUT2D eigenvalue weighted by atomic mass is 32.2. The predicted molar refractivity (Wildman–Crippen MR) is 53.7 cm³/mol. The highest BCUT2D eigenvalue weighted by molar-refractivity contribution is 8.06. The molecule has 0 heterocycles. The third-order valence-corrected chi connectivity index (χ3v) is 3.70. The Morgan fingerprint density at radius 1 is 1.21 bits per heavy atom. The summed E-state index contributed by atoms with van der Waals surface area (Å²) in [5, 5.41) is -0.735. The molecule has 76 valence electrons. The van der Waals surface area contributed by atoms with Crippen LogP contribution in [0.25, 0.3) is 0 Å². The summed E-state index contributed by atoms with van der Waals surface area (Å²) in [6.07, 6.45) is 0.0101. The van der Waals surface area contributed by atoms with Gasteiger partial charge in [-0.1, -0.05) is 24.6 Å². The molecule has 0 saturated carbocycles. The summed E-state index contributed by atoms with van der Waals surface area (Å²) in [4.78, 5) is 11.2. The van der Waals surface area contributed by atoms with E-state index >= 15 is 0 Å². The molecule has 0 bridgehead atoms. The number of hydrogen-bond acceptors (Lipinski definition) is 3. The Labute approximate surface area is 83.7 Å². The Bertz CT molecular complexity index is 429. The summed E-state index contributed by atoms with van der Waals surface area (Å²) in [6.45, 7) is 3.39. The van der Waals surface area contributed by atoms with E-state index in [1.807, 2.05) is 6.92 Å². The minimum Gasteiger partial charge on any atom is -0.281 e. The summed E-state index contributed by atoms with van der Waals surface area (Å²) in [6, 6.07) is 6.27. The third-order valence-electron chi connectivity index (χ3n) is 1.92. The Balaban J connectivity index is 3.18. The van der Waals surface area contributed by atoms with Crippen LogP contribution in [0.3, 0.4) is 0 Å². The van der Waals surface area contributed by atoms with Crippen molar-refractivity contribution in [2.45, 2.75) is 25.2 Å². The fourth-order valence-electron chi connectivity index (χ4n) is 1.04. The third kappa shape index (κ3) is 2.01. The van der Waals surface area contributed by atoms with E-state index in [2.05, 4.69) is 0 Å². The van der Waals surface area contributed by atoms with E-state index < -0.39 is 15.0 Å². The second kappa shape index (κ2) is 3.92. The molecule has 3 nitrogen and oxygen atoms in total. The Morgan fingerprint density at radius 3 is 2.14 bits per heavy atom. The van der Waals surface area contributed by atoms with Gasteiger partial charge in [0, 0.05) is 6.42 Å². The van der Waals surface area contributed by atoms with Crippen LogP contribution in [0.2, 0.25) is 0 Å². The molecule has 0 saturated heterocycles. The van der Waals surface area contributed by atoms with Crippen molar-refractivity contribution in [3.05, 3.63) is 29.8 Å². The fourth-order valence-corrected chi connectivity index (χ4v) is 2.18. The Kier molecular flexibility index (Phi) is 3.06. The number of hydrogen-bond donors (Lipinski definition) is 0. The molecule has 0 aliphatic rings. The molecular formula is C10H12O3S. The lowest BCUT2D eigenvalue weighted by molar-refractivity contribution is -0.111. The van der Waals surface area contributed by atoms with Gasteiger partial charge in [0.15, 0.2) is 0 Å². The van der Waals surface area contributed by atoms with Crippen molar-refractivity contribution in [3.63, 3.8) is 0 Å². The lowest BCUT2D eigenvalue weighted by Gasteiger charge is -2.01. The first-order chi connectivity index (χ1) is 6.48. The van der Waals surface area contributed by atoms with Gasteiger partial charge in [0.2, 0.25) is 9.84 Å². The topological polar surface area (TPSA) is 51.2 Å². The molecule has 0 atom stereocenters. The molecule has 0 N–H and O–H groups in total. The molecule has 0 unspecified atom stereocenters. The maximum atomic E-state index is 11.5. The normalized spacial score (nSPS) is 11.3. The van der Waals surface area contributed by atoms with Crippen LogP contribution in [0.15, 0.2) is 29.2 Å². The van der Waals surface area contributed by atoms with Crippen molar-refractivity contribution < 1.29 is 13.2 Å². The summed E-state index contributed by atoms with van der Waals surface area (Å²) in [5.41, 5.74) is 0.966. The molecule has 4 heteroatoms. The molecular weight excluding hydrogens is 200 g/mol. The van der Waals surface area contributed by atoms with Crippen LogP contribution in [0, 0.1) is 6.92 Å².